The molecule has 0 unspecified atom stereocenters. The van der Waals surface area contributed by atoms with Crippen LogP contribution in [0.3, 0.4) is 0 Å². The molecule has 0 atom stereocenters. The first-order chi connectivity index (χ1) is 12.2. The Morgan fingerprint density at radius 1 is 1.00 bits per heavy atom. The highest BCUT2D eigenvalue weighted by molar-refractivity contribution is 5.87. The molecular weight excluding hydrogens is 332 g/mol. The van der Waals surface area contributed by atoms with Gasteiger partial charge in [-0.1, -0.05) is 19.3 Å². The number of carbonyl (C=O) groups is 3. The summed E-state index contributed by atoms with van der Waals surface area (Å²) in [6.45, 7) is 3.09. The first kappa shape index (κ1) is 20.7. The van der Waals surface area contributed by atoms with Gasteiger partial charge in [-0.2, -0.15) is 0 Å². The number of amides is 2. The number of carboxylic acid groups (broad SMARTS) is 1. The summed E-state index contributed by atoms with van der Waals surface area (Å²) in [6.07, 6.45) is 9.72. The first-order valence-corrected chi connectivity index (χ1v) is 10.0. The molecule has 2 fully saturated rings. The lowest BCUT2D eigenvalue weighted by Gasteiger charge is -2.36. The van der Waals surface area contributed by atoms with Crippen LogP contribution >= 0.6 is 0 Å². The Kier molecular flexibility index (Phi) is 7.07. The monoisotopic (exact) mass is 366 g/mol. The molecule has 0 aromatic rings. The number of carboxylic acids is 1. The van der Waals surface area contributed by atoms with Gasteiger partial charge in [0.2, 0.25) is 11.8 Å². The van der Waals surface area contributed by atoms with Crippen LogP contribution in [0.25, 0.3) is 0 Å². The van der Waals surface area contributed by atoms with Gasteiger partial charge in [0, 0.05) is 25.4 Å². The summed E-state index contributed by atoms with van der Waals surface area (Å²) in [5.41, 5.74) is -1.21. The number of aliphatic carboxylic acids is 1. The molecule has 0 aromatic carbocycles. The summed E-state index contributed by atoms with van der Waals surface area (Å²) >= 11 is 0. The van der Waals surface area contributed by atoms with Crippen LogP contribution in [0.4, 0.5) is 0 Å². The summed E-state index contributed by atoms with van der Waals surface area (Å²) in [4.78, 5) is 37.6. The predicted molar refractivity (Wildman–Crippen MR) is 99.6 cm³/mol. The van der Waals surface area contributed by atoms with E-state index in [1.807, 2.05) is 0 Å². The van der Waals surface area contributed by atoms with Crippen LogP contribution in [-0.2, 0) is 14.4 Å². The minimum absolute atomic E-state index is 0.107. The summed E-state index contributed by atoms with van der Waals surface area (Å²) < 4.78 is 0. The van der Waals surface area contributed by atoms with E-state index < -0.39 is 11.5 Å². The van der Waals surface area contributed by atoms with Crippen LogP contribution in [0, 0.1) is 11.8 Å². The lowest BCUT2D eigenvalue weighted by atomic mass is 9.83. The van der Waals surface area contributed by atoms with Gasteiger partial charge in [0.05, 0.1) is 0 Å². The molecule has 2 rings (SSSR count). The van der Waals surface area contributed by atoms with E-state index in [2.05, 4.69) is 5.32 Å². The standard InChI is InChI=1S/C20H34N2O4/c1-20(2,19(25)26)22(3)18(24)15-9-11-16(12-10-15)21-17(23)13-14-7-5-4-6-8-14/h14-16H,4-13H2,1-3H3,(H,21,23)(H,25,26). The zero-order valence-electron chi connectivity index (χ0n) is 16.4. The molecule has 0 aromatic heterocycles. The zero-order chi connectivity index (χ0) is 19.3. The lowest BCUT2D eigenvalue weighted by Crippen LogP contribution is -2.53. The number of rotatable bonds is 6. The molecule has 26 heavy (non-hydrogen) atoms. The molecule has 0 heterocycles. The van der Waals surface area contributed by atoms with Gasteiger partial charge in [-0.3, -0.25) is 9.59 Å². The summed E-state index contributed by atoms with van der Waals surface area (Å²) in [6, 6.07) is 0.146. The van der Waals surface area contributed by atoms with E-state index >= 15 is 0 Å². The zero-order valence-corrected chi connectivity index (χ0v) is 16.4. The molecule has 2 aliphatic rings. The van der Waals surface area contributed by atoms with Gasteiger partial charge < -0.3 is 15.3 Å². The van der Waals surface area contributed by atoms with Gasteiger partial charge in [0.15, 0.2) is 0 Å². The molecule has 2 N–H and O–H groups in total. The van der Waals surface area contributed by atoms with Crippen LogP contribution in [0.15, 0.2) is 0 Å². The highest BCUT2D eigenvalue weighted by Gasteiger charge is 2.39. The maximum absolute atomic E-state index is 12.6. The number of nitrogens with zero attached hydrogens (tertiary/aromatic N) is 1. The van der Waals surface area contributed by atoms with Crippen molar-refractivity contribution in [1.82, 2.24) is 10.2 Å². The lowest BCUT2D eigenvalue weighted by molar-refractivity contribution is -0.157. The maximum Gasteiger partial charge on any atom is 0.329 e. The molecule has 2 aliphatic carbocycles. The Labute approximate surface area is 156 Å². The third-order valence-electron chi connectivity index (χ3n) is 6.33. The average molecular weight is 367 g/mol. The van der Waals surface area contributed by atoms with Crippen LogP contribution in [0.5, 0.6) is 0 Å². The topological polar surface area (TPSA) is 86.7 Å². The Morgan fingerprint density at radius 3 is 2.12 bits per heavy atom. The molecule has 0 spiro atoms. The predicted octanol–water partition coefficient (Wildman–Crippen LogP) is 2.95. The van der Waals surface area contributed by atoms with Crippen LogP contribution in [0.1, 0.15) is 78.1 Å². The smallest absolute Gasteiger partial charge is 0.329 e. The highest BCUT2D eigenvalue weighted by Crippen LogP contribution is 2.29. The van der Waals surface area contributed by atoms with E-state index in [0.717, 1.165) is 12.8 Å². The largest absolute Gasteiger partial charge is 0.480 e. The second-order valence-electron chi connectivity index (χ2n) is 8.59. The fourth-order valence-electron chi connectivity index (χ4n) is 4.12. The highest BCUT2D eigenvalue weighted by atomic mass is 16.4. The maximum atomic E-state index is 12.6. The fourth-order valence-corrected chi connectivity index (χ4v) is 4.12. The summed E-state index contributed by atoms with van der Waals surface area (Å²) in [5, 5.41) is 12.4. The second-order valence-corrected chi connectivity index (χ2v) is 8.59. The summed E-state index contributed by atoms with van der Waals surface area (Å²) in [7, 11) is 1.56. The quantitative estimate of drug-likeness (QED) is 0.757. The Hall–Kier alpha value is -1.59. The summed E-state index contributed by atoms with van der Waals surface area (Å²) in [5.74, 6) is -0.573. The molecule has 0 saturated heterocycles. The Bertz CT molecular complexity index is 518. The van der Waals surface area contributed by atoms with E-state index in [-0.39, 0.29) is 23.8 Å². The number of likely N-dealkylation sites (N-methyl/N-ethyl adjacent to an activating group) is 1. The molecule has 2 amide bonds. The fraction of sp³-hybridized carbons (Fsp3) is 0.850. The van der Waals surface area contributed by atoms with Crippen molar-refractivity contribution in [2.45, 2.75) is 89.6 Å². The average Bonchev–Trinajstić information content (AvgIpc) is 2.61. The van der Waals surface area contributed by atoms with Crippen molar-refractivity contribution in [2.24, 2.45) is 11.8 Å². The molecule has 148 valence electrons. The number of hydrogen-bond acceptors (Lipinski definition) is 3. The van der Waals surface area contributed by atoms with Crippen LogP contribution in [0.2, 0.25) is 0 Å². The second kappa shape index (κ2) is 8.87. The van der Waals surface area contributed by atoms with Gasteiger partial charge in [0.25, 0.3) is 0 Å². The van der Waals surface area contributed by atoms with Gasteiger partial charge in [0.1, 0.15) is 5.54 Å². The Balaban J connectivity index is 1.76. The van der Waals surface area contributed by atoms with E-state index in [1.165, 1.54) is 37.0 Å². The van der Waals surface area contributed by atoms with Gasteiger partial charge in [-0.05, 0) is 58.3 Å². The third-order valence-corrected chi connectivity index (χ3v) is 6.33. The number of nitrogens with one attached hydrogen (secondary N) is 1. The molecule has 0 bridgehead atoms. The first-order valence-electron chi connectivity index (χ1n) is 10.0. The minimum atomic E-state index is -1.21. The van der Waals surface area contributed by atoms with Gasteiger partial charge in [-0.25, -0.2) is 4.79 Å². The van der Waals surface area contributed by atoms with E-state index in [0.29, 0.717) is 25.2 Å². The van der Waals surface area contributed by atoms with Gasteiger partial charge >= 0.3 is 5.97 Å². The van der Waals surface area contributed by atoms with E-state index in [9.17, 15) is 19.5 Å². The van der Waals surface area contributed by atoms with E-state index in [4.69, 9.17) is 0 Å². The SMILES string of the molecule is CN(C(=O)C1CCC(NC(=O)CC2CCCCC2)CC1)C(C)(C)C(=O)O. The molecule has 2 saturated carbocycles. The number of hydrogen-bond donors (Lipinski definition) is 2. The van der Waals surface area contributed by atoms with Crippen molar-refractivity contribution in [3.8, 4) is 0 Å². The van der Waals surface area contributed by atoms with Crippen molar-refractivity contribution in [3.05, 3.63) is 0 Å². The third kappa shape index (κ3) is 5.21. The molecule has 0 radical (unpaired) electrons. The van der Waals surface area contributed by atoms with Crippen LogP contribution in [-0.4, -0.2) is 46.4 Å². The molecular formula is C20H34N2O4. The Morgan fingerprint density at radius 2 is 1.58 bits per heavy atom. The van der Waals surface area contributed by atoms with E-state index in [1.54, 1.807) is 20.9 Å². The van der Waals surface area contributed by atoms with Gasteiger partial charge in [-0.15, -0.1) is 0 Å². The normalized spacial score (nSPS) is 24.7. The molecule has 0 aliphatic heterocycles. The van der Waals surface area contributed by atoms with Crippen molar-refractivity contribution >= 4 is 17.8 Å². The van der Waals surface area contributed by atoms with Crippen molar-refractivity contribution in [2.75, 3.05) is 7.05 Å². The van der Waals surface area contributed by atoms with Crippen molar-refractivity contribution in [1.29, 1.82) is 0 Å². The minimum Gasteiger partial charge on any atom is -0.480 e. The van der Waals surface area contributed by atoms with Crippen molar-refractivity contribution < 1.29 is 19.5 Å². The molecule has 6 heteroatoms. The number of carbonyl (C=O) groups excluding carboxylic acids is 2. The molecule has 6 nitrogen and oxygen atoms in total. The van der Waals surface area contributed by atoms with Crippen LogP contribution < -0.4 is 5.32 Å². The van der Waals surface area contributed by atoms with Crippen molar-refractivity contribution in [3.63, 3.8) is 0 Å².